The van der Waals surface area contributed by atoms with Gasteiger partial charge in [0.1, 0.15) is 5.69 Å². The molecule has 3 N–H and O–H groups in total. The van der Waals surface area contributed by atoms with Crippen molar-refractivity contribution in [1.82, 2.24) is 15.1 Å². The summed E-state index contributed by atoms with van der Waals surface area (Å²) >= 11 is 0. The SMILES string of the molecule is CNC(=O)c1cc(C(N)=O)nn1CC(C)C. The molecule has 0 aromatic carbocycles. The van der Waals surface area contributed by atoms with Gasteiger partial charge in [0, 0.05) is 19.7 Å². The van der Waals surface area contributed by atoms with E-state index in [-0.39, 0.29) is 11.6 Å². The number of carbonyl (C=O) groups is 2. The highest BCUT2D eigenvalue weighted by molar-refractivity contribution is 5.97. The number of nitrogens with two attached hydrogens (primary N) is 1. The first-order valence-corrected chi connectivity index (χ1v) is 5.05. The van der Waals surface area contributed by atoms with Crippen LogP contribution < -0.4 is 11.1 Å². The summed E-state index contributed by atoms with van der Waals surface area (Å²) in [6.45, 7) is 4.56. The molecule has 0 aliphatic carbocycles. The Morgan fingerprint density at radius 3 is 2.62 bits per heavy atom. The van der Waals surface area contributed by atoms with Crippen molar-refractivity contribution in [2.24, 2.45) is 11.7 Å². The summed E-state index contributed by atoms with van der Waals surface area (Å²) in [6, 6.07) is 1.41. The average molecular weight is 224 g/mol. The smallest absolute Gasteiger partial charge is 0.269 e. The number of nitrogens with zero attached hydrogens (tertiary/aromatic N) is 2. The standard InChI is InChI=1S/C10H16N4O2/c1-6(2)5-14-8(10(16)12-3)4-7(13-14)9(11)15/h4,6H,5H2,1-3H3,(H2,11,15)(H,12,16). The van der Waals surface area contributed by atoms with Crippen molar-refractivity contribution in [1.29, 1.82) is 0 Å². The Morgan fingerprint density at radius 1 is 1.56 bits per heavy atom. The molecule has 6 heteroatoms. The third-order valence-electron chi connectivity index (χ3n) is 2.03. The van der Waals surface area contributed by atoms with E-state index in [1.807, 2.05) is 13.8 Å². The molecule has 0 aliphatic rings. The molecule has 0 saturated carbocycles. The maximum Gasteiger partial charge on any atom is 0.269 e. The molecule has 88 valence electrons. The van der Waals surface area contributed by atoms with Gasteiger partial charge in [-0.25, -0.2) is 0 Å². The molecule has 2 amide bonds. The molecule has 0 spiro atoms. The van der Waals surface area contributed by atoms with Crippen LogP contribution >= 0.6 is 0 Å². The largest absolute Gasteiger partial charge is 0.364 e. The maximum atomic E-state index is 11.5. The molecule has 0 saturated heterocycles. The Bertz CT molecular complexity index is 409. The molecule has 0 bridgehead atoms. The second-order valence-electron chi connectivity index (χ2n) is 3.93. The topological polar surface area (TPSA) is 90.0 Å². The van der Waals surface area contributed by atoms with Crippen molar-refractivity contribution in [3.8, 4) is 0 Å². The molecule has 0 unspecified atom stereocenters. The van der Waals surface area contributed by atoms with Crippen LogP contribution in [-0.2, 0) is 6.54 Å². The number of hydrogen-bond donors (Lipinski definition) is 2. The first-order chi connectivity index (χ1) is 7.45. The Balaban J connectivity index is 3.12. The van der Waals surface area contributed by atoms with E-state index in [0.717, 1.165) is 0 Å². The highest BCUT2D eigenvalue weighted by Gasteiger charge is 2.17. The lowest BCUT2D eigenvalue weighted by atomic mass is 10.2. The predicted octanol–water partition coefficient (Wildman–Crippen LogP) is -0.00240. The fourth-order valence-corrected chi connectivity index (χ4v) is 1.33. The van der Waals surface area contributed by atoms with Crippen LogP contribution in [0.1, 0.15) is 34.8 Å². The fourth-order valence-electron chi connectivity index (χ4n) is 1.33. The van der Waals surface area contributed by atoms with Gasteiger partial charge in [0.2, 0.25) is 0 Å². The Labute approximate surface area is 93.8 Å². The molecule has 0 radical (unpaired) electrons. The van der Waals surface area contributed by atoms with Crippen molar-refractivity contribution in [3.05, 3.63) is 17.5 Å². The number of carbonyl (C=O) groups excluding carboxylic acids is 2. The molecular formula is C10H16N4O2. The van der Waals surface area contributed by atoms with Gasteiger partial charge >= 0.3 is 0 Å². The summed E-state index contributed by atoms with van der Waals surface area (Å²) in [5.41, 5.74) is 5.58. The zero-order chi connectivity index (χ0) is 12.3. The van der Waals surface area contributed by atoms with Gasteiger partial charge in [0.05, 0.1) is 0 Å². The minimum absolute atomic E-state index is 0.110. The van der Waals surface area contributed by atoms with Gasteiger partial charge in [-0.1, -0.05) is 13.8 Å². The van der Waals surface area contributed by atoms with Crippen LogP contribution in [0.2, 0.25) is 0 Å². The summed E-state index contributed by atoms with van der Waals surface area (Å²) in [5.74, 6) is -0.586. The van der Waals surface area contributed by atoms with Crippen LogP contribution in [0, 0.1) is 5.92 Å². The molecule has 1 rings (SSSR count). The van der Waals surface area contributed by atoms with Crippen LogP contribution in [0.5, 0.6) is 0 Å². The number of nitrogens with one attached hydrogen (secondary N) is 1. The molecule has 1 heterocycles. The Hall–Kier alpha value is -1.85. The minimum atomic E-state index is -0.632. The maximum absolute atomic E-state index is 11.5. The minimum Gasteiger partial charge on any atom is -0.364 e. The molecule has 16 heavy (non-hydrogen) atoms. The zero-order valence-electron chi connectivity index (χ0n) is 9.65. The van der Waals surface area contributed by atoms with Gasteiger partial charge in [-0.05, 0) is 5.92 Å². The Morgan fingerprint density at radius 2 is 2.19 bits per heavy atom. The summed E-state index contributed by atoms with van der Waals surface area (Å²) in [7, 11) is 1.53. The van der Waals surface area contributed by atoms with Gasteiger partial charge in [0.25, 0.3) is 11.8 Å². The lowest BCUT2D eigenvalue weighted by molar-refractivity contribution is 0.0949. The number of amides is 2. The van der Waals surface area contributed by atoms with Crippen molar-refractivity contribution in [2.75, 3.05) is 7.05 Å². The van der Waals surface area contributed by atoms with Crippen LogP contribution in [0.25, 0.3) is 0 Å². The molecule has 1 aromatic heterocycles. The van der Waals surface area contributed by atoms with Gasteiger partial charge in [-0.15, -0.1) is 0 Å². The third kappa shape index (κ3) is 2.59. The van der Waals surface area contributed by atoms with Crippen molar-refractivity contribution >= 4 is 11.8 Å². The zero-order valence-corrected chi connectivity index (χ0v) is 9.65. The predicted molar refractivity (Wildman–Crippen MR) is 59.0 cm³/mol. The summed E-state index contributed by atoms with van der Waals surface area (Å²) in [5, 5.41) is 6.50. The Kier molecular flexibility index (Phi) is 3.65. The van der Waals surface area contributed by atoms with Crippen molar-refractivity contribution < 1.29 is 9.59 Å². The number of primary amides is 1. The quantitative estimate of drug-likeness (QED) is 0.754. The van der Waals surface area contributed by atoms with Crippen molar-refractivity contribution in [3.63, 3.8) is 0 Å². The fraction of sp³-hybridized carbons (Fsp3) is 0.500. The van der Waals surface area contributed by atoms with Crippen LogP contribution in [0.15, 0.2) is 6.07 Å². The van der Waals surface area contributed by atoms with E-state index in [1.165, 1.54) is 17.8 Å². The third-order valence-corrected chi connectivity index (χ3v) is 2.03. The second kappa shape index (κ2) is 4.78. The van der Waals surface area contributed by atoms with Gasteiger partial charge in [-0.3, -0.25) is 14.3 Å². The first-order valence-electron chi connectivity index (χ1n) is 5.05. The highest BCUT2D eigenvalue weighted by Crippen LogP contribution is 2.07. The molecule has 6 nitrogen and oxygen atoms in total. The van der Waals surface area contributed by atoms with E-state index in [0.29, 0.717) is 18.2 Å². The number of hydrogen-bond acceptors (Lipinski definition) is 3. The van der Waals surface area contributed by atoms with E-state index in [2.05, 4.69) is 10.4 Å². The van der Waals surface area contributed by atoms with Gasteiger partial charge in [0.15, 0.2) is 5.69 Å². The van der Waals surface area contributed by atoms with Crippen LogP contribution in [-0.4, -0.2) is 28.6 Å². The lowest BCUT2D eigenvalue weighted by Gasteiger charge is -2.08. The van der Waals surface area contributed by atoms with Crippen molar-refractivity contribution in [2.45, 2.75) is 20.4 Å². The van der Waals surface area contributed by atoms with E-state index in [4.69, 9.17) is 5.73 Å². The number of aromatic nitrogens is 2. The number of rotatable bonds is 4. The average Bonchev–Trinajstić information content (AvgIpc) is 2.59. The van der Waals surface area contributed by atoms with Crippen LogP contribution in [0.3, 0.4) is 0 Å². The highest BCUT2D eigenvalue weighted by atomic mass is 16.2. The molecule has 0 fully saturated rings. The van der Waals surface area contributed by atoms with E-state index < -0.39 is 5.91 Å². The molecule has 0 aliphatic heterocycles. The van der Waals surface area contributed by atoms with Gasteiger partial charge in [-0.2, -0.15) is 5.10 Å². The monoisotopic (exact) mass is 224 g/mol. The molecular weight excluding hydrogens is 208 g/mol. The van der Waals surface area contributed by atoms with E-state index >= 15 is 0 Å². The van der Waals surface area contributed by atoms with Crippen LogP contribution in [0.4, 0.5) is 0 Å². The first kappa shape index (κ1) is 12.2. The van der Waals surface area contributed by atoms with Gasteiger partial charge < -0.3 is 11.1 Å². The second-order valence-corrected chi connectivity index (χ2v) is 3.93. The normalized spacial score (nSPS) is 10.5. The summed E-state index contributed by atoms with van der Waals surface area (Å²) in [4.78, 5) is 22.5. The summed E-state index contributed by atoms with van der Waals surface area (Å²) in [6.07, 6.45) is 0. The lowest BCUT2D eigenvalue weighted by Crippen LogP contribution is -2.23. The summed E-state index contributed by atoms with van der Waals surface area (Å²) < 4.78 is 1.50. The molecule has 1 aromatic rings. The van der Waals surface area contributed by atoms with E-state index in [9.17, 15) is 9.59 Å². The molecule has 0 atom stereocenters. The van der Waals surface area contributed by atoms with E-state index in [1.54, 1.807) is 0 Å².